The summed E-state index contributed by atoms with van der Waals surface area (Å²) in [4.78, 5) is 13.8. The fraction of sp³-hybridized carbons (Fsp3) is 0.111. The van der Waals surface area contributed by atoms with E-state index < -0.39 is 0 Å². The van der Waals surface area contributed by atoms with Crippen molar-refractivity contribution < 1.29 is 14.0 Å². The largest absolute Gasteiger partial charge is 0.496 e. The summed E-state index contributed by atoms with van der Waals surface area (Å²) >= 11 is 0. The van der Waals surface area contributed by atoms with Gasteiger partial charge < -0.3 is 20.6 Å². The number of halogens is 1. The first-order valence-corrected chi connectivity index (χ1v) is 11.5. The van der Waals surface area contributed by atoms with E-state index in [1.807, 2.05) is 53.2 Å². The Kier molecular flexibility index (Phi) is 6.89. The Labute approximate surface area is 212 Å². The normalized spacial score (nSPS) is 11.2. The zero-order valence-electron chi connectivity index (χ0n) is 20.0. The molecule has 5 aromatic rings. The van der Waals surface area contributed by atoms with Crippen molar-refractivity contribution in [2.24, 2.45) is 5.16 Å². The molecule has 2 aromatic heterocycles. The molecule has 186 valence electrons. The van der Waals surface area contributed by atoms with E-state index in [0.717, 1.165) is 33.5 Å². The van der Waals surface area contributed by atoms with Crippen molar-refractivity contribution in [3.05, 3.63) is 102 Å². The number of hydrogen-bond acceptors (Lipinski definition) is 8. The van der Waals surface area contributed by atoms with Crippen LogP contribution in [0.4, 0.5) is 21.7 Å². The van der Waals surface area contributed by atoms with Gasteiger partial charge in [0.1, 0.15) is 36.1 Å². The Morgan fingerprint density at radius 3 is 2.84 bits per heavy atom. The first kappa shape index (κ1) is 23.7. The number of nitrogen functional groups attached to an aromatic ring is 1. The number of para-hydroxylation sites is 1. The van der Waals surface area contributed by atoms with Crippen molar-refractivity contribution in [1.29, 1.82) is 0 Å². The van der Waals surface area contributed by atoms with Gasteiger partial charge in [0.05, 0.1) is 37.1 Å². The highest BCUT2D eigenvalue weighted by Gasteiger charge is 2.10. The number of methoxy groups -OCH3 is 1. The molecule has 9 nitrogen and oxygen atoms in total. The quantitative estimate of drug-likeness (QED) is 0.220. The molecular weight excluding hydrogens is 473 g/mol. The molecule has 37 heavy (non-hydrogen) atoms. The third-order valence-corrected chi connectivity index (χ3v) is 5.71. The summed E-state index contributed by atoms with van der Waals surface area (Å²) in [5.41, 5.74) is 9.98. The standard InChI is InChI=1S/C27H24FN7O2/c1-36-25-8-3-2-6-19(25)16-37-33-14-23-26(29)30-17-31-27(23)34-22-9-10-24-20(12-22)13-32-35(24)15-18-5-4-7-21(28)11-18/h2-14,17H,15-16H2,1H3,(H3,29,30,31,34)/b33-14+. The van der Waals surface area contributed by atoms with Gasteiger partial charge in [-0.2, -0.15) is 5.10 Å². The number of oxime groups is 1. The summed E-state index contributed by atoms with van der Waals surface area (Å²) in [6.45, 7) is 0.694. The van der Waals surface area contributed by atoms with Gasteiger partial charge in [0.15, 0.2) is 0 Å². The molecule has 0 radical (unpaired) electrons. The highest BCUT2D eigenvalue weighted by Crippen LogP contribution is 2.25. The smallest absolute Gasteiger partial charge is 0.145 e. The van der Waals surface area contributed by atoms with E-state index in [2.05, 4.69) is 25.5 Å². The number of benzene rings is 3. The zero-order valence-corrected chi connectivity index (χ0v) is 20.0. The number of nitrogens with one attached hydrogen (secondary N) is 1. The van der Waals surface area contributed by atoms with Crippen molar-refractivity contribution in [2.75, 3.05) is 18.2 Å². The maximum absolute atomic E-state index is 13.6. The maximum atomic E-state index is 13.6. The second kappa shape index (κ2) is 10.7. The Morgan fingerprint density at radius 1 is 1.08 bits per heavy atom. The summed E-state index contributed by atoms with van der Waals surface area (Å²) in [5, 5.41) is 12.7. The van der Waals surface area contributed by atoms with E-state index in [4.69, 9.17) is 15.3 Å². The molecule has 0 saturated heterocycles. The molecule has 3 aromatic carbocycles. The first-order valence-electron chi connectivity index (χ1n) is 11.5. The van der Waals surface area contributed by atoms with Crippen LogP contribution >= 0.6 is 0 Å². The fourth-order valence-electron chi connectivity index (χ4n) is 3.89. The minimum absolute atomic E-state index is 0.229. The Balaban J connectivity index is 1.31. The number of hydrogen-bond donors (Lipinski definition) is 2. The van der Waals surface area contributed by atoms with Crippen LogP contribution in [0.3, 0.4) is 0 Å². The number of nitrogens with two attached hydrogens (primary N) is 1. The molecule has 10 heteroatoms. The van der Waals surface area contributed by atoms with Gasteiger partial charge in [0.2, 0.25) is 0 Å². The topological polar surface area (TPSA) is 112 Å². The average molecular weight is 498 g/mol. The van der Waals surface area contributed by atoms with Crippen molar-refractivity contribution in [1.82, 2.24) is 19.7 Å². The number of fused-ring (bicyclic) bond motifs is 1. The van der Waals surface area contributed by atoms with Crippen LogP contribution in [0.25, 0.3) is 10.9 Å². The molecule has 0 atom stereocenters. The molecule has 0 fully saturated rings. The second-order valence-corrected chi connectivity index (χ2v) is 8.17. The Bertz CT molecular complexity index is 1570. The second-order valence-electron chi connectivity index (χ2n) is 8.17. The lowest BCUT2D eigenvalue weighted by Crippen LogP contribution is -2.05. The van der Waals surface area contributed by atoms with E-state index in [-0.39, 0.29) is 18.2 Å². The fourth-order valence-corrected chi connectivity index (χ4v) is 3.89. The molecule has 0 aliphatic rings. The Morgan fingerprint density at radius 2 is 1.97 bits per heavy atom. The van der Waals surface area contributed by atoms with Gasteiger partial charge in [-0.15, -0.1) is 0 Å². The summed E-state index contributed by atoms with van der Waals surface area (Å²) in [6, 6.07) is 19.8. The van der Waals surface area contributed by atoms with Crippen LogP contribution in [0.15, 0.2) is 84.4 Å². The van der Waals surface area contributed by atoms with Crippen LogP contribution in [0, 0.1) is 5.82 Å². The van der Waals surface area contributed by atoms with E-state index in [9.17, 15) is 4.39 Å². The van der Waals surface area contributed by atoms with E-state index in [0.29, 0.717) is 17.9 Å². The highest BCUT2D eigenvalue weighted by molar-refractivity contribution is 5.93. The summed E-state index contributed by atoms with van der Waals surface area (Å²) in [6.07, 6.45) is 4.62. The summed E-state index contributed by atoms with van der Waals surface area (Å²) < 4.78 is 20.7. The predicted molar refractivity (Wildman–Crippen MR) is 140 cm³/mol. The van der Waals surface area contributed by atoms with Crippen LogP contribution in [0.1, 0.15) is 16.7 Å². The molecule has 3 N–H and O–H groups in total. The van der Waals surface area contributed by atoms with Crippen LogP contribution in [0.5, 0.6) is 5.75 Å². The predicted octanol–water partition coefficient (Wildman–Crippen LogP) is 4.90. The molecule has 2 heterocycles. The number of anilines is 3. The molecule has 5 rings (SSSR count). The van der Waals surface area contributed by atoms with Gasteiger partial charge in [-0.05, 0) is 42.0 Å². The minimum Gasteiger partial charge on any atom is -0.496 e. The van der Waals surface area contributed by atoms with Crippen molar-refractivity contribution in [3.8, 4) is 5.75 Å². The van der Waals surface area contributed by atoms with Gasteiger partial charge in [-0.25, -0.2) is 14.4 Å². The SMILES string of the molecule is COc1ccccc1CO/N=C/c1c(N)ncnc1Nc1ccc2c(cnn2Cc2cccc(F)c2)c1. The molecule has 0 aliphatic heterocycles. The van der Waals surface area contributed by atoms with Gasteiger partial charge >= 0.3 is 0 Å². The lowest BCUT2D eigenvalue weighted by molar-refractivity contribution is 0.130. The monoisotopic (exact) mass is 497 g/mol. The minimum atomic E-state index is -0.269. The van der Waals surface area contributed by atoms with E-state index >= 15 is 0 Å². The van der Waals surface area contributed by atoms with Gasteiger partial charge in [-0.1, -0.05) is 35.5 Å². The molecule has 0 bridgehead atoms. The third kappa shape index (κ3) is 5.48. The summed E-state index contributed by atoms with van der Waals surface area (Å²) in [7, 11) is 1.61. The number of aromatic nitrogens is 4. The van der Waals surface area contributed by atoms with Crippen LogP contribution < -0.4 is 15.8 Å². The molecule has 0 saturated carbocycles. The van der Waals surface area contributed by atoms with Crippen molar-refractivity contribution in [3.63, 3.8) is 0 Å². The average Bonchev–Trinajstić information content (AvgIpc) is 3.30. The number of nitrogens with zero attached hydrogens (tertiary/aromatic N) is 5. The number of rotatable bonds is 9. The van der Waals surface area contributed by atoms with E-state index in [1.165, 1.54) is 24.7 Å². The van der Waals surface area contributed by atoms with Crippen LogP contribution in [-0.4, -0.2) is 33.1 Å². The Hall–Kier alpha value is -4.99. The molecule has 0 unspecified atom stereocenters. The van der Waals surface area contributed by atoms with Gasteiger partial charge in [-0.3, -0.25) is 4.68 Å². The molecule has 0 amide bonds. The first-order chi connectivity index (χ1) is 18.1. The van der Waals surface area contributed by atoms with Crippen LogP contribution in [0.2, 0.25) is 0 Å². The number of ether oxygens (including phenoxy) is 1. The lowest BCUT2D eigenvalue weighted by atomic mass is 10.2. The zero-order chi connectivity index (χ0) is 25.6. The van der Waals surface area contributed by atoms with Gasteiger partial charge in [0.25, 0.3) is 0 Å². The van der Waals surface area contributed by atoms with Crippen LogP contribution in [-0.2, 0) is 18.0 Å². The molecular formula is C27H24FN7O2. The summed E-state index contributed by atoms with van der Waals surface area (Å²) in [5.74, 6) is 1.18. The third-order valence-electron chi connectivity index (χ3n) is 5.71. The van der Waals surface area contributed by atoms with Crippen molar-refractivity contribution >= 4 is 34.4 Å². The maximum Gasteiger partial charge on any atom is 0.145 e. The van der Waals surface area contributed by atoms with E-state index in [1.54, 1.807) is 19.4 Å². The molecule has 0 spiro atoms. The highest BCUT2D eigenvalue weighted by atomic mass is 19.1. The van der Waals surface area contributed by atoms with Gasteiger partial charge in [0, 0.05) is 16.6 Å². The molecule has 0 aliphatic carbocycles. The van der Waals surface area contributed by atoms with Crippen molar-refractivity contribution in [2.45, 2.75) is 13.2 Å². The lowest BCUT2D eigenvalue weighted by Gasteiger charge is -2.10.